The van der Waals surface area contributed by atoms with Crippen LogP contribution in [-0.4, -0.2) is 25.3 Å². The number of ether oxygens (including phenoxy) is 1. The number of aromatic carboxylic acids is 1. The molecule has 0 heterocycles. The van der Waals surface area contributed by atoms with Crippen molar-refractivity contribution < 1.29 is 23.1 Å². The van der Waals surface area contributed by atoms with E-state index in [0.29, 0.717) is 5.56 Å². The molecule has 5 rings (SSSR count). The van der Waals surface area contributed by atoms with Crippen LogP contribution < -0.4 is 16.2 Å². The van der Waals surface area contributed by atoms with Crippen LogP contribution in [0, 0.1) is 5.41 Å². The maximum absolute atomic E-state index is 13.5. The number of nitrogens with one attached hydrogen (secondary N) is 1. The Hall–Kier alpha value is -4.89. The van der Waals surface area contributed by atoms with Crippen molar-refractivity contribution in [2.75, 3.05) is 5.73 Å². The van der Waals surface area contributed by atoms with E-state index >= 15 is 0 Å². The van der Waals surface area contributed by atoms with Gasteiger partial charge in [0.15, 0.2) is 5.75 Å². The zero-order valence-electron chi connectivity index (χ0n) is 19.3. The SMILES string of the molecule is N=C(N)c1ccc2cc(Oc3c(C(=O)O)ccc(S(=O)(=O)c4ccc5ccccc5c4)c3N)ccc2c1. The Morgan fingerprint density at radius 3 is 2.19 bits per heavy atom. The smallest absolute Gasteiger partial charge is 0.339 e. The fourth-order valence-electron chi connectivity index (χ4n) is 4.13. The Kier molecular flexibility index (Phi) is 5.77. The molecule has 5 aromatic rings. The lowest BCUT2D eigenvalue weighted by molar-refractivity contribution is 0.0694. The minimum atomic E-state index is -4.10. The predicted octanol–water partition coefficient (Wildman–Crippen LogP) is 5.18. The summed E-state index contributed by atoms with van der Waals surface area (Å²) in [7, 11) is -4.10. The molecule has 0 aliphatic carbocycles. The monoisotopic (exact) mass is 511 g/mol. The Morgan fingerprint density at radius 1 is 0.811 bits per heavy atom. The highest BCUT2D eigenvalue weighted by atomic mass is 32.2. The summed E-state index contributed by atoms with van der Waals surface area (Å²) in [6.07, 6.45) is 0. The number of nitrogens with two attached hydrogens (primary N) is 2. The van der Waals surface area contributed by atoms with Crippen molar-refractivity contribution in [2.24, 2.45) is 5.73 Å². The maximum atomic E-state index is 13.5. The zero-order chi connectivity index (χ0) is 26.3. The number of hydrogen-bond acceptors (Lipinski definition) is 6. The fraction of sp³-hybridized carbons (Fsp3) is 0. The largest absolute Gasteiger partial charge is 0.478 e. The van der Waals surface area contributed by atoms with E-state index in [9.17, 15) is 18.3 Å². The molecule has 0 saturated heterocycles. The molecule has 6 N–H and O–H groups in total. The van der Waals surface area contributed by atoms with Gasteiger partial charge in [-0.25, -0.2) is 13.2 Å². The van der Waals surface area contributed by atoms with Crippen molar-refractivity contribution in [3.63, 3.8) is 0 Å². The maximum Gasteiger partial charge on any atom is 0.339 e. The van der Waals surface area contributed by atoms with Crippen molar-refractivity contribution in [1.29, 1.82) is 5.41 Å². The minimum Gasteiger partial charge on any atom is -0.478 e. The van der Waals surface area contributed by atoms with Crippen LogP contribution in [0.25, 0.3) is 21.5 Å². The molecule has 0 fully saturated rings. The molecule has 0 aliphatic heterocycles. The third-order valence-electron chi connectivity index (χ3n) is 6.05. The van der Waals surface area contributed by atoms with Gasteiger partial charge in [0.25, 0.3) is 0 Å². The third-order valence-corrected chi connectivity index (χ3v) is 7.86. The molecular weight excluding hydrogens is 490 g/mol. The number of carbonyl (C=O) groups is 1. The Morgan fingerprint density at radius 2 is 1.46 bits per heavy atom. The van der Waals surface area contributed by atoms with Gasteiger partial charge >= 0.3 is 5.97 Å². The van der Waals surface area contributed by atoms with E-state index in [0.717, 1.165) is 21.5 Å². The molecule has 0 atom stereocenters. The van der Waals surface area contributed by atoms with Crippen LogP contribution in [0.2, 0.25) is 0 Å². The van der Waals surface area contributed by atoms with Gasteiger partial charge in [-0.05, 0) is 64.0 Å². The second-order valence-corrected chi connectivity index (χ2v) is 10.3. The third kappa shape index (κ3) is 4.32. The average Bonchev–Trinajstić information content (AvgIpc) is 2.88. The van der Waals surface area contributed by atoms with Gasteiger partial charge in [-0.15, -0.1) is 0 Å². The van der Waals surface area contributed by atoms with Gasteiger partial charge in [0.2, 0.25) is 9.84 Å². The number of hydrogen-bond donors (Lipinski definition) is 4. The number of carboxylic acid groups (broad SMARTS) is 1. The second-order valence-electron chi connectivity index (χ2n) is 8.41. The highest BCUT2D eigenvalue weighted by Gasteiger charge is 2.27. The van der Waals surface area contributed by atoms with E-state index in [1.165, 1.54) is 18.2 Å². The Labute approximate surface area is 212 Å². The van der Waals surface area contributed by atoms with Gasteiger partial charge < -0.3 is 21.3 Å². The number of benzene rings is 5. The topological polar surface area (TPSA) is 157 Å². The molecule has 9 heteroatoms. The standard InChI is InChI=1S/C28H21N3O5S/c29-25-24(37(34,35)22-10-8-16-3-1-2-4-17(16)15-22)12-11-23(28(32)33)26(25)36-21-9-7-18-13-20(27(30)31)6-5-19(18)14-21/h1-15H,29H2,(H3,30,31)(H,32,33). The van der Waals surface area contributed by atoms with Crippen molar-refractivity contribution in [3.05, 3.63) is 102 Å². The van der Waals surface area contributed by atoms with Gasteiger partial charge in [0.1, 0.15) is 17.1 Å². The molecule has 37 heavy (non-hydrogen) atoms. The molecular formula is C28H21N3O5S. The zero-order valence-corrected chi connectivity index (χ0v) is 20.1. The molecule has 0 spiro atoms. The van der Waals surface area contributed by atoms with Crippen molar-refractivity contribution in [2.45, 2.75) is 9.79 Å². The van der Waals surface area contributed by atoms with Crippen LogP contribution in [0.5, 0.6) is 11.5 Å². The first kappa shape index (κ1) is 23.8. The number of rotatable bonds is 6. The first-order chi connectivity index (χ1) is 17.6. The minimum absolute atomic E-state index is 0.0268. The molecule has 0 bridgehead atoms. The Balaban J connectivity index is 1.60. The first-order valence-electron chi connectivity index (χ1n) is 11.1. The summed E-state index contributed by atoms with van der Waals surface area (Å²) in [5.41, 5.74) is 11.8. The van der Waals surface area contributed by atoms with Crippen LogP contribution in [-0.2, 0) is 9.84 Å². The van der Waals surface area contributed by atoms with E-state index in [-0.39, 0.29) is 38.4 Å². The van der Waals surface area contributed by atoms with Crippen LogP contribution in [0.4, 0.5) is 5.69 Å². The van der Waals surface area contributed by atoms with Gasteiger partial charge in [-0.3, -0.25) is 5.41 Å². The van der Waals surface area contributed by atoms with E-state index in [1.807, 2.05) is 18.2 Å². The number of fused-ring (bicyclic) bond motifs is 2. The van der Waals surface area contributed by atoms with Crippen molar-refractivity contribution in [1.82, 2.24) is 0 Å². The number of anilines is 1. The first-order valence-corrected chi connectivity index (χ1v) is 12.6. The van der Waals surface area contributed by atoms with Crippen molar-refractivity contribution in [3.8, 4) is 11.5 Å². The summed E-state index contributed by atoms with van der Waals surface area (Å²) in [6.45, 7) is 0. The van der Waals surface area contributed by atoms with Gasteiger partial charge in [0.05, 0.1) is 15.5 Å². The number of amidine groups is 1. The average molecular weight is 512 g/mol. The van der Waals surface area contributed by atoms with E-state index in [1.54, 1.807) is 54.6 Å². The highest BCUT2D eigenvalue weighted by Crippen LogP contribution is 2.39. The van der Waals surface area contributed by atoms with Gasteiger partial charge in [0, 0.05) is 5.56 Å². The van der Waals surface area contributed by atoms with Crippen LogP contribution >= 0.6 is 0 Å². The lowest BCUT2D eigenvalue weighted by atomic mass is 10.1. The predicted molar refractivity (Wildman–Crippen MR) is 142 cm³/mol. The number of sulfone groups is 1. The fourth-order valence-corrected chi connectivity index (χ4v) is 5.54. The Bertz CT molecular complexity index is 1850. The summed E-state index contributed by atoms with van der Waals surface area (Å²) < 4.78 is 33.0. The summed E-state index contributed by atoms with van der Waals surface area (Å²) in [5.74, 6) is -1.39. The molecule has 5 aromatic carbocycles. The molecule has 0 aliphatic rings. The molecule has 0 amide bonds. The lowest BCUT2D eigenvalue weighted by Crippen LogP contribution is -2.10. The van der Waals surface area contributed by atoms with Crippen molar-refractivity contribution >= 4 is 48.9 Å². The molecule has 0 saturated carbocycles. The number of nitrogen functional groups attached to an aromatic ring is 2. The van der Waals surface area contributed by atoms with Crippen LogP contribution in [0.1, 0.15) is 15.9 Å². The van der Waals surface area contributed by atoms with Gasteiger partial charge in [-0.1, -0.05) is 48.5 Å². The quantitative estimate of drug-likeness (QED) is 0.139. The molecule has 0 unspecified atom stereocenters. The summed E-state index contributed by atoms with van der Waals surface area (Å²) in [5, 5.41) is 20.5. The van der Waals surface area contributed by atoms with Crippen LogP contribution in [0.15, 0.2) is 101 Å². The summed E-state index contributed by atoms with van der Waals surface area (Å²) in [4.78, 5) is 11.7. The molecule has 0 radical (unpaired) electrons. The van der Waals surface area contributed by atoms with Crippen LogP contribution in [0.3, 0.4) is 0 Å². The van der Waals surface area contributed by atoms with Gasteiger partial charge in [-0.2, -0.15) is 0 Å². The lowest BCUT2D eigenvalue weighted by Gasteiger charge is -2.16. The van der Waals surface area contributed by atoms with E-state index in [4.69, 9.17) is 21.6 Å². The highest BCUT2D eigenvalue weighted by molar-refractivity contribution is 7.91. The molecule has 184 valence electrons. The molecule has 0 aromatic heterocycles. The number of carboxylic acids is 1. The summed E-state index contributed by atoms with van der Waals surface area (Å²) >= 11 is 0. The van der Waals surface area contributed by atoms with E-state index < -0.39 is 15.8 Å². The second kappa shape index (κ2) is 8.96. The van der Waals surface area contributed by atoms with E-state index in [2.05, 4.69) is 0 Å². The summed E-state index contributed by atoms with van der Waals surface area (Å²) in [6, 6.07) is 24.6. The molecule has 8 nitrogen and oxygen atoms in total. The normalized spacial score (nSPS) is 11.5.